The number of amidine groups is 1. The summed E-state index contributed by atoms with van der Waals surface area (Å²) in [4.78, 5) is 45.0. The number of nitrogens with zero attached hydrogens (tertiary/aromatic N) is 3. The molecule has 2 aliphatic rings. The molecule has 0 saturated carbocycles. The lowest BCUT2D eigenvalue weighted by Gasteiger charge is -2.19. The maximum absolute atomic E-state index is 12.5. The summed E-state index contributed by atoms with van der Waals surface area (Å²) < 4.78 is 0. The number of hydrogen-bond donors (Lipinski definition) is 1. The number of aliphatic imine (C=N–C) groups is 1. The molecule has 28 heavy (non-hydrogen) atoms. The van der Waals surface area contributed by atoms with Gasteiger partial charge in [-0.3, -0.25) is 14.4 Å². The monoisotopic (exact) mass is 402 g/mol. The molecule has 0 unspecified atom stereocenters. The van der Waals surface area contributed by atoms with E-state index in [1.807, 2.05) is 23.6 Å². The van der Waals surface area contributed by atoms with Gasteiger partial charge < -0.3 is 15.1 Å². The lowest BCUT2D eigenvalue weighted by Crippen LogP contribution is -2.28. The minimum atomic E-state index is -0.495. The first-order valence-corrected chi connectivity index (χ1v) is 10.6. The summed E-state index contributed by atoms with van der Waals surface area (Å²) in [6, 6.07) is 6.97. The van der Waals surface area contributed by atoms with Gasteiger partial charge in [-0.25, -0.2) is 0 Å². The fourth-order valence-corrected chi connectivity index (χ4v) is 4.54. The second-order valence-electron chi connectivity index (χ2n) is 6.84. The van der Waals surface area contributed by atoms with E-state index < -0.39 is 5.25 Å². The Balaban J connectivity index is 1.57. The van der Waals surface area contributed by atoms with Gasteiger partial charge in [-0.1, -0.05) is 17.8 Å². The Kier molecular flexibility index (Phi) is 6.72. The van der Waals surface area contributed by atoms with Crippen LogP contribution in [0.2, 0.25) is 0 Å². The van der Waals surface area contributed by atoms with Crippen LogP contribution in [-0.4, -0.2) is 64.1 Å². The molecule has 0 spiro atoms. The van der Waals surface area contributed by atoms with Crippen LogP contribution in [-0.2, 0) is 9.59 Å². The molecule has 0 aliphatic carbocycles. The number of rotatable bonds is 6. The Morgan fingerprint density at radius 1 is 1.25 bits per heavy atom. The van der Waals surface area contributed by atoms with Crippen LogP contribution in [0.4, 0.5) is 5.69 Å². The molecular formula is C20H26N4O3S. The highest BCUT2D eigenvalue weighted by Crippen LogP contribution is 2.27. The SMILES string of the molecule is CCN(CC)C1=NC(=O)[C@@H](CC(=O)Nc2cccc(C(=O)N3CCCC3)c2)S1. The quantitative estimate of drug-likeness (QED) is 0.791. The van der Waals surface area contributed by atoms with E-state index in [4.69, 9.17) is 0 Å². The predicted octanol–water partition coefficient (Wildman–Crippen LogP) is 2.59. The number of nitrogens with one attached hydrogen (secondary N) is 1. The van der Waals surface area contributed by atoms with Crippen LogP contribution in [0, 0.1) is 0 Å². The van der Waals surface area contributed by atoms with Crippen molar-refractivity contribution in [1.82, 2.24) is 9.80 Å². The molecule has 1 N–H and O–H groups in total. The van der Waals surface area contributed by atoms with Gasteiger partial charge in [0.1, 0.15) is 5.25 Å². The average Bonchev–Trinajstić information content (AvgIpc) is 3.33. The number of benzene rings is 1. The Bertz CT molecular complexity index is 785. The highest BCUT2D eigenvalue weighted by atomic mass is 32.2. The first-order chi connectivity index (χ1) is 13.5. The minimum absolute atomic E-state index is 0.00705. The molecule has 0 aromatic heterocycles. The van der Waals surface area contributed by atoms with E-state index in [9.17, 15) is 14.4 Å². The van der Waals surface area contributed by atoms with Crippen molar-refractivity contribution in [2.24, 2.45) is 4.99 Å². The second-order valence-corrected chi connectivity index (χ2v) is 8.01. The van der Waals surface area contributed by atoms with E-state index in [0.29, 0.717) is 16.4 Å². The number of carbonyl (C=O) groups excluding carboxylic acids is 3. The molecule has 2 aliphatic heterocycles. The molecular weight excluding hydrogens is 376 g/mol. The van der Waals surface area contributed by atoms with Crippen LogP contribution in [0.3, 0.4) is 0 Å². The number of hydrogen-bond acceptors (Lipinski definition) is 5. The number of likely N-dealkylation sites (tertiary alicyclic amines) is 1. The molecule has 0 bridgehead atoms. The zero-order chi connectivity index (χ0) is 20.1. The number of anilines is 1. The van der Waals surface area contributed by atoms with Crippen LogP contribution >= 0.6 is 11.8 Å². The van der Waals surface area contributed by atoms with Gasteiger partial charge >= 0.3 is 0 Å². The van der Waals surface area contributed by atoms with Gasteiger partial charge in [0.25, 0.3) is 11.8 Å². The molecule has 3 amide bonds. The molecule has 1 aromatic rings. The minimum Gasteiger partial charge on any atom is -0.352 e. The highest BCUT2D eigenvalue weighted by Gasteiger charge is 2.32. The van der Waals surface area contributed by atoms with E-state index in [1.54, 1.807) is 24.3 Å². The molecule has 3 rings (SSSR count). The predicted molar refractivity (Wildman–Crippen MR) is 112 cm³/mol. The highest BCUT2D eigenvalue weighted by molar-refractivity contribution is 8.15. The third-order valence-electron chi connectivity index (χ3n) is 4.92. The Morgan fingerprint density at radius 3 is 2.64 bits per heavy atom. The van der Waals surface area contributed by atoms with Crippen LogP contribution in [0.25, 0.3) is 0 Å². The van der Waals surface area contributed by atoms with E-state index >= 15 is 0 Å². The van der Waals surface area contributed by atoms with Crippen LogP contribution in [0.5, 0.6) is 0 Å². The molecule has 1 aromatic carbocycles. The van der Waals surface area contributed by atoms with E-state index in [0.717, 1.165) is 39.0 Å². The smallest absolute Gasteiger partial charge is 0.262 e. The lowest BCUT2D eigenvalue weighted by molar-refractivity contribution is -0.121. The topological polar surface area (TPSA) is 82.1 Å². The van der Waals surface area contributed by atoms with Crippen LogP contribution in [0.1, 0.15) is 43.5 Å². The van der Waals surface area contributed by atoms with Crippen molar-refractivity contribution in [3.05, 3.63) is 29.8 Å². The van der Waals surface area contributed by atoms with Gasteiger partial charge in [-0.2, -0.15) is 4.99 Å². The van der Waals surface area contributed by atoms with Crippen LogP contribution in [0.15, 0.2) is 29.3 Å². The number of carbonyl (C=O) groups is 3. The van der Waals surface area contributed by atoms with Crippen molar-refractivity contribution >= 4 is 40.3 Å². The lowest BCUT2D eigenvalue weighted by atomic mass is 10.1. The standard InChI is InChI=1S/C20H26N4O3S/c1-3-23(4-2)20-22-18(26)16(28-20)13-17(25)21-15-9-7-8-14(12-15)19(27)24-10-5-6-11-24/h7-9,12,16H,3-6,10-11,13H2,1-2H3,(H,21,25)/t16-/m1/s1. The first-order valence-electron chi connectivity index (χ1n) is 9.75. The molecule has 1 fully saturated rings. The van der Waals surface area contributed by atoms with Gasteiger partial charge in [0.2, 0.25) is 5.91 Å². The summed E-state index contributed by atoms with van der Waals surface area (Å²) in [6.45, 7) is 7.12. The summed E-state index contributed by atoms with van der Waals surface area (Å²) in [5, 5.41) is 3.00. The summed E-state index contributed by atoms with van der Waals surface area (Å²) in [5.41, 5.74) is 1.13. The van der Waals surface area contributed by atoms with Gasteiger partial charge in [0.15, 0.2) is 5.17 Å². The van der Waals surface area contributed by atoms with Gasteiger partial charge in [0.05, 0.1) is 0 Å². The van der Waals surface area contributed by atoms with Crippen molar-refractivity contribution < 1.29 is 14.4 Å². The normalized spacial score (nSPS) is 18.9. The van der Waals surface area contributed by atoms with Gasteiger partial charge in [0, 0.05) is 43.9 Å². The molecule has 2 heterocycles. The zero-order valence-corrected chi connectivity index (χ0v) is 17.1. The summed E-state index contributed by atoms with van der Waals surface area (Å²) in [6.07, 6.45) is 2.13. The van der Waals surface area contributed by atoms with Crippen molar-refractivity contribution in [2.75, 3.05) is 31.5 Å². The maximum atomic E-state index is 12.5. The second kappa shape index (κ2) is 9.23. The summed E-state index contributed by atoms with van der Waals surface area (Å²) in [5.74, 6) is -0.528. The summed E-state index contributed by atoms with van der Waals surface area (Å²) >= 11 is 1.34. The van der Waals surface area contributed by atoms with Gasteiger partial charge in [-0.05, 0) is 44.9 Å². The Morgan fingerprint density at radius 2 is 1.96 bits per heavy atom. The summed E-state index contributed by atoms with van der Waals surface area (Å²) in [7, 11) is 0. The zero-order valence-electron chi connectivity index (χ0n) is 16.3. The molecule has 1 atom stereocenters. The molecule has 1 saturated heterocycles. The van der Waals surface area contributed by atoms with E-state index in [1.165, 1.54) is 11.8 Å². The van der Waals surface area contributed by atoms with Crippen molar-refractivity contribution in [3.8, 4) is 0 Å². The van der Waals surface area contributed by atoms with Crippen LogP contribution < -0.4 is 5.32 Å². The van der Waals surface area contributed by atoms with Gasteiger partial charge in [-0.15, -0.1) is 0 Å². The fourth-order valence-electron chi connectivity index (χ4n) is 3.35. The largest absolute Gasteiger partial charge is 0.352 e. The van der Waals surface area contributed by atoms with Crippen molar-refractivity contribution in [3.63, 3.8) is 0 Å². The Hall–Kier alpha value is -2.35. The Labute approximate surface area is 169 Å². The average molecular weight is 403 g/mol. The number of amides is 3. The van der Waals surface area contributed by atoms with Crippen molar-refractivity contribution in [2.45, 2.75) is 38.4 Å². The van der Waals surface area contributed by atoms with Crippen molar-refractivity contribution in [1.29, 1.82) is 0 Å². The molecule has 8 heteroatoms. The molecule has 7 nitrogen and oxygen atoms in total. The van der Waals surface area contributed by atoms with E-state index in [-0.39, 0.29) is 24.1 Å². The molecule has 150 valence electrons. The third-order valence-corrected chi connectivity index (χ3v) is 6.13. The maximum Gasteiger partial charge on any atom is 0.262 e. The number of thioether (sulfide) groups is 1. The molecule has 0 radical (unpaired) electrons. The third kappa shape index (κ3) is 4.73. The fraction of sp³-hybridized carbons (Fsp3) is 0.500. The van der Waals surface area contributed by atoms with E-state index in [2.05, 4.69) is 10.3 Å². The first kappa shape index (κ1) is 20.4.